The number of imidazole rings is 1. The van der Waals surface area contributed by atoms with Gasteiger partial charge >= 0.3 is 0 Å². The fourth-order valence-electron chi connectivity index (χ4n) is 2.52. The predicted molar refractivity (Wildman–Crippen MR) is 68.1 cm³/mol. The Kier molecular flexibility index (Phi) is 4.02. The van der Waals surface area contributed by atoms with Crippen LogP contribution in [0.1, 0.15) is 19.8 Å². The van der Waals surface area contributed by atoms with Crippen LogP contribution in [0.5, 0.6) is 0 Å². The van der Waals surface area contributed by atoms with Gasteiger partial charge in [-0.1, -0.05) is 0 Å². The molecule has 1 fully saturated rings. The number of hydrogen-bond donors (Lipinski definition) is 1. The first-order chi connectivity index (χ1) is 8.30. The second kappa shape index (κ2) is 5.51. The van der Waals surface area contributed by atoms with Crippen LogP contribution in [0.3, 0.4) is 0 Å². The monoisotopic (exact) mass is 238 g/mol. The molecule has 0 bridgehead atoms. The SMILES string of the molecule is CCn1ccnc1N1CCC(OC)CC1CN. The van der Waals surface area contributed by atoms with E-state index in [1.54, 1.807) is 7.11 Å². The standard InChI is InChI=1S/C12H22N4O/c1-3-15-7-5-14-12(15)16-6-4-11(17-2)8-10(16)9-13/h5,7,10-11H,3-4,6,8-9,13H2,1-2H3. The van der Waals surface area contributed by atoms with E-state index in [2.05, 4.69) is 21.4 Å². The smallest absolute Gasteiger partial charge is 0.205 e. The maximum atomic E-state index is 5.87. The van der Waals surface area contributed by atoms with Crippen molar-refractivity contribution in [1.82, 2.24) is 9.55 Å². The summed E-state index contributed by atoms with van der Waals surface area (Å²) in [6.07, 6.45) is 6.25. The van der Waals surface area contributed by atoms with E-state index in [1.165, 1.54) is 0 Å². The molecule has 17 heavy (non-hydrogen) atoms. The number of nitrogens with zero attached hydrogens (tertiary/aromatic N) is 3. The van der Waals surface area contributed by atoms with Crippen LogP contribution in [0.25, 0.3) is 0 Å². The molecule has 1 aliphatic heterocycles. The normalized spacial score (nSPS) is 25.2. The molecular formula is C12H22N4O. The van der Waals surface area contributed by atoms with Crippen molar-refractivity contribution in [1.29, 1.82) is 0 Å². The number of aromatic nitrogens is 2. The lowest BCUT2D eigenvalue weighted by Crippen LogP contribution is -2.49. The molecule has 2 heterocycles. The van der Waals surface area contributed by atoms with E-state index in [0.29, 0.717) is 18.7 Å². The Bertz CT molecular complexity index is 352. The van der Waals surface area contributed by atoms with Crippen molar-refractivity contribution in [2.75, 3.05) is 25.1 Å². The molecule has 5 nitrogen and oxygen atoms in total. The lowest BCUT2D eigenvalue weighted by Gasteiger charge is -2.39. The summed E-state index contributed by atoms with van der Waals surface area (Å²) < 4.78 is 7.60. The molecule has 2 rings (SSSR count). The minimum Gasteiger partial charge on any atom is -0.381 e. The highest BCUT2D eigenvalue weighted by molar-refractivity contribution is 5.34. The highest BCUT2D eigenvalue weighted by Crippen LogP contribution is 2.24. The third kappa shape index (κ3) is 2.45. The zero-order valence-corrected chi connectivity index (χ0v) is 10.7. The van der Waals surface area contributed by atoms with Crippen molar-refractivity contribution >= 4 is 5.95 Å². The van der Waals surface area contributed by atoms with Crippen LogP contribution in [0.4, 0.5) is 5.95 Å². The van der Waals surface area contributed by atoms with Gasteiger partial charge in [-0.05, 0) is 19.8 Å². The summed E-state index contributed by atoms with van der Waals surface area (Å²) in [4.78, 5) is 6.77. The highest BCUT2D eigenvalue weighted by atomic mass is 16.5. The van der Waals surface area contributed by atoms with E-state index in [4.69, 9.17) is 10.5 Å². The van der Waals surface area contributed by atoms with Crippen LogP contribution in [0.15, 0.2) is 12.4 Å². The molecule has 5 heteroatoms. The average Bonchev–Trinajstić information content (AvgIpc) is 2.85. The number of hydrogen-bond acceptors (Lipinski definition) is 4. The molecule has 1 aromatic rings. The average molecular weight is 238 g/mol. The minimum absolute atomic E-state index is 0.335. The molecule has 1 aromatic heterocycles. The molecule has 0 amide bonds. The molecule has 0 aliphatic carbocycles. The third-order valence-corrected chi connectivity index (χ3v) is 3.56. The summed E-state index contributed by atoms with van der Waals surface area (Å²) in [7, 11) is 1.78. The Hall–Kier alpha value is -1.07. The topological polar surface area (TPSA) is 56.3 Å². The summed E-state index contributed by atoms with van der Waals surface area (Å²) in [6.45, 7) is 4.69. The predicted octanol–water partition coefficient (Wildman–Crippen LogP) is 0.845. The van der Waals surface area contributed by atoms with E-state index in [9.17, 15) is 0 Å². The van der Waals surface area contributed by atoms with Gasteiger partial charge in [-0.25, -0.2) is 4.98 Å². The van der Waals surface area contributed by atoms with Gasteiger partial charge in [-0.2, -0.15) is 0 Å². The molecule has 2 N–H and O–H groups in total. The molecule has 0 saturated carbocycles. The third-order valence-electron chi connectivity index (χ3n) is 3.56. The summed E-state index contributed by atoms with van der Waals surface area (Å²) in [6, 6.07) is 0.335. The van der Waals surface area contributed by atoms with Gasteiger partial charge in [0.2, 0.25) is 5.95 Å². The summed E-state index contributed by atoms with van der Waals surface area (Å²) in [5, 5.41) is 0. The Morgan fingerprint density at radius 3 is 3.06 bits per heavy atom. The summed E-state index contributed by atoms with van der Waals surface area (Å²) in [5.41, 5.74) is 5.87. The van der Waals surface area contributed by atoms with Gasteiger partial charge < -0.3 is 19.9 Å². The van der Waals surface area contributed by atoms with E-state index < -0.39 is 0 Å². The number of piperidine rings is 1. The van der Waals surface area contributed by atoms with Crippen LogP contribution in [-0.2, 0) is 11.3 Å². The zero-order valence-electron chi connectivity index (χ0n) is 10.7. The Morgan fingerprint density at radius 2 is 2.41 bits per heavy atom. The maximum absolute atomic E-state index is 5.87. The molecule has 1 saturated heterocycles. The molecule has 0 aromatic carbocycles. The van der Waals surface area contributed by atoms with Crippen LogP contribution in [0.2, 0.25) is 0 Å². The van der Waals surface area contributed by atoms with Crippen molar-refractivity contribution < 1.29 is 4.74 Å². The van der Waals surface area contributed by atoms with Crippen molar-refractivity contribution in [2.24, 2.45) is 5.73 Å². The Labute approximate surface area is 103 Å². The van der Waals surface area contributed by atoms with Gasteiger partial charge in [-0.3, -0.25) is 0 Å². The maximum Gasteiger partial charge on any atom is 0.205 e. The largest absolute Gasteiger partial charge is 0.381 e. The second-order valence-corrected chi connectivity index (χ2v) is 4.48. The number of anilines is 1. The van der Waals surface area contributed by atoms with Crippen LogP contribution < -0.4 is 10.6 Å². The van der Waals surface area contributed by atoms with Gasteiger partial charge in [-0.15, -0.1) is 0 Å². The summed E-state index contributed by atoms with van der Waals surface area (Å²) in [5.74, 6) is 1.04. The van der Waals surface area contributed by atoms with Crippen molar-refractivity contribution in [3.63, 3.8) is 0 Å². The van der Waals surface area contributed by atoms with Gasteiger partial charge in [0.15, 0.2) is 0 Å². The van der Waals surface area contributed by atoms with Crippen LogP contribution in [-0.4, -0.2) is 41.9 Å². The molecule has 0 radical (unpaired) electrons. The van der Waals surface area contributed by atoms with Gasteiger partial charge in [0, 0.05) is 45.2 Å². The first-order valence-electron chi connectivity index (χ1n) is 6.30. The fraction of sp³-hybridized carbons (Fsp3) is 0.750. The number of nitrogens with two attached hydrogens (primary N) is 1. The van der Waals surface area contributed by atoms with E-state index >= 15 is 0 Å². The van der Waals surface area contributed by atoms with E-state index in [1.807, 2.05) is 12.4 Å². The lowest BCUT2D eigenvalue weighted by atomic mass is 10.00. The zero-order chi connectivity index (χ0) is 12.3. The van der Waals surface area contributed by atoms with Crippen LogP contribution >= 0.6 is 0 Å². The van der Waals surface area contributed by atoms with Crippen LogP contribution in [0, 0.1) is 0 Å². The number of methoxy groups -OCH3 is 1. The quantitative estimate of drug-likeness (QED) is 0.844. The highest BCUT2D eigenvalue weighted by Gasteiger charge is 2.29. The van der Waals surface area contributed by atoms with E-state index in [-0.39, 0.29) is 0 Å². The lowest BCUT2D eigenvalue weighted by molar-refractivity contribution is 0.0704. The Balaban J connectivity index is 2.15. The first-order valence-corrected chi connectivity index (χ1v) is 6.30. The molecule has 1 aliphatic rings. The van der Waals surface area contributed by atoms with Gasteiger partial charge in [0.05, 0.1) is 6.10 Å². The van der Waals surface area contributed by atoms with Gasteiger partial charge in [0.25, 0.3) is 0 Å². The molecule has 2 unspecified atom stereocenters. The minimum atomic E-state index is 0.335. The summed E-state index contributed by atoms with van der Waals surface area (Å²) >= 11 is 0. The molecular weight excluding hydrogens is 216 g/mol. The molecule has 0 spiro atoms. The number of ether oxygens (including phenoxy) is 1. The van der Waals surface area contributed by atoms with Crippen molar-refractivity contribution in [2.45, 2.75) is 38.5 Å². The van der Waals surface area contributed by atoms with Crippen molar-refractivity contribution in [3.8, 4) is 0 Å². The first kappa shape index (κ1) is 12.4. The van der Waals surface area contributed by atoms with E-state index in [0.717, 1.165) is 31.9 Å². The number of aryl methyl sites for hydroxylation is 1. The van der Waals surface area contributed by atoms with Crippen molar-refractivity contribution in [3.05, 3.63) is 12.4 Å². The number of rotatable bonds is 4. The molecule has 96 valence electrons. The Morgan fingerprint density at radius 1 is 1.59 bits per heavy atom. The second-order valence-electron chi connectivity index (χ2n) is 4.48. The fourth-order valence-corrected chi connectivity index (χ4v) is 2.52. The van der Waals surface area contributed by atoms with Gasteiger partial charge in [0.1, 0.15) is 0 Å². The molecule has 2 atom stereocenters.